The van der Waals surface area contributed by atoms with Crippen LogP contribution in [0.5, 0.6) is 5.75 Å². The van der Waals surface area contributed by atoms with E-state index in [1.807, 2.05) is 12.1 Å². The van der Waals surface area contributed by atoms with E-state index >= 15 is 0 Å². The molecule has 1 aromatic carbocycles. The molecule has 4 heteroatoms. The molecule has 0 N–H and O–H groups in total. The fraction of sp³-hybridized carbons (Fsp3) is 0.368. The van der Waals surface area contributed by atoms with Crippen molar-refractivity contribution in [1.29, 1.82) is 0 Å². The van der Waals surface area contributed by atoms with Crippen LogP contribution in [0.15, 0.2) is 47.6 Å². The Morgan fingerprint density at radius 1 is 1.00 bits per heavy atom. The maximum Gasteiger partial charge on any atom is 0.238 e. The molecular formula is C19H19NO3. The predicted molar refractivity (Wildman–Crippen MR) is 87.0 cm³/mol. The summed E-state index contributed by atoms with van der Waals surface area (Å²) < 4.78 is 5.33. The zero-order valence-electron chi connectivity index (χ0n) is 13.4. The number of benzene rings is 1. The fourth-order valence-corrected chi connectivity index (χ4v) is 4.48. The lowest BCUT2D eigenvalue weighted by molar-refractivity contribution is -0.123. The number of hydrogen-bond acceptors (Lipinski definition) is 3. The molecule has 0 unspecified atom stereocenters. The molecular weight excluding hydrogens is 290 g/mol. The van der Waals surface area contributed by atoms with Crippen molar-refractivity contribution >= 4 is 17.5 Å². The Kier molecular flexibility index (Phi) is 2.98. The van der Waals surface area contributed by atoms with E-state index in [0.29, 0.717) is 11.4 Å². The molecule has 2 fully saturated rings. The number of para-hydroxylation sites is 2. The highest BCUT2D eigenvalue weighted by molar-refractivity contribution is 6.23. The minimum absolute atomic E-state index is 0.0751. The Labute approximate surface area is 135 Å². The van der Waals surface area contributed by atoms with Gasteiger partial charge in [0.1, 0.15) is 5.75 Å². The van der Waals surface area contributed by atoms with Gasteiger partial charge in [-0.2, -0.15) is 0 Å². The first-order valence-electron chi connectivity index (χ1n) is 7.92. The van der Waals surface area contributed by atoms with E-state index in [-0.39, 0.29) is 35.5 Å². The second-order valence-electron chi connectivity index (χ2n) is 6.63. The van der Waals surface area contributed by atoms with Gasteiger partial charge in [0.15, 0.2) is 0 Å². The van der Waals surface area contributed by atoms with Crippen LogP contribution in [-0.2, 0) is 9.59 Å². The maximum atomic E-state index is 13.0. The first-order chi connectivity index (χ1) is 11.1. The number of fused-ring (bicyclic) bond motifs is 5. The number of hydrogen-bond donors (Lipinski definition) is 0. The average molecular weight is 309 g/mol. The molecule has 1 heterocycles. The van der Waals surface area contributed by atoms with E-state index in [0.717, 1.165) is 0 Å². The number of allylic oxidation sites excluding steroid dienone is 4. The van der Waals surface area contributed by atoms with Gasteiger partial charge in [0.25, 0.3) is 0 Å². The van der Waals surface area contributed by atoms with Gasteiger partial charge in [0, 0.05) is 11.8 Å². The summed E-state index contributed by atoms with van der Waals surface area (Å²) in [7, 11) is 1.55. The summed E-state index contributed by atoms with van der Waals surface area (Å²) in [4.78, 5) is 27.4. The highest BCUT2D eigenvalue weighted by Gasteiger charge is 2.62. The minimum atomic E-state index is -0.257. The number of imide groups is 1. The SMILES string of the molecule is COc1ccccc1N1C(=O)[C@H]2[C@H](C1=O)[C@@H]1C=C[C@@H]2C1=C(C)C. The van der Waals surface area contributed by atoms with Gasteiger partial charge in [-0.1, -0.05) is 35.4 Å². The third-order valence-electron chi connectivity index (χ3n) is 5.32. The number of methoxy groups -OCH3 is 1. The van der Waals surface area contributed by atoms with Crippen molar-refractivity contribution in [3.63, 3.8) is 0 Å². The summed E-state index contributed by atoms with van der Waals surface area (Å²) in [5.41, 5.74) is 3.04. The van der Waals surface area contributed by atoms with Crippen LogP contribution in [0.1, 0.15) is 13.8 Å². The van der Waals surface area contributed by atoms with Gasteiger partial charge in [-0.3, -0.25) is 9.59 Å². The van der Waals surface area contributed by atoms with Gasteiger partial charge in [0.2, 0.25) is 11.8 Å². The van der Waals surface area contributed by atoms with Crippen molar-refractivity contribution in [2.24, 2.45) is 23.7 Å². The molecule has 1 saturated heterocycles. The first kappa shape index (κ1) is 14.2. The van der Waals surface area contributed by atoms with Crippen molar-refractivity contribution in [2.75, 3.05) is 12.0 Å². The van der Waals surface area contributed by atoms with Gasteiger partial charge in [-0.05, 0) is 26.0 Å². The lowest BCUT2D eigenvalue weighted by Gasteiger charge is -2.21. The Morgan fingerprint density at radius 3 is 2.09 bits per heavy atom. The van der Waals surface area contributed by atoms with Crippen LogP contribution in [0.25, 0.3) is 0 Å². The largest absolute Gasteiger partial charge is 0.495 e. The number of ether oxygens (including phenoxy) is 1. The van der Waals surface area contributed by atoms with Crippen LogP contribution in [-0.4, -0.2) is 18.9 Å². The Balaban J connectivity index is 1.79. The Bertz CT molecular complexity index is 739. The highest BCUT2D eigenvalue weighted by Crippen LogP contribution is 2.57. The van der Waals surface area contributed by atoms with Crippen molar-refractivity contribution < 1.29 is 14.3 Å². The molecule has 2 aliphatic carbocycles. The number of carbonyl (C=O) groups is 2. The van der Waals surface area contributed by atoms with Gasteiger partial charge in [-0.15, -0.1) is 0 Å². The lowest BCUT2D eigenvalue weighted by atomic mass is 9.85. The monoisotopic (exact) mass is 309 g/mol. The van der Waals surface area contributed by atoms with E-state index in [9.17, 15) is 9.59 Å². The summed E-state index contributed by atoms with van der Waals surface area (Å²) in [6.07, 6.45) is 4.20. The van der Waals surface area contributed by atoms with E-state index < -0.39 is 0 Å². The number of carbonyl (C=O) groups excluding carboxylic acids is 2. The van der Waals surface area contributed by atoms with E-state index in [1.54, 1.807) is 19.2 Å². The van der Waals surface area contributed by atoms with Crippen molar-refractivity contribution in [2.45, 2.75) is 13.8 Å². The third kappa shape index (κ3) is 1.72. The molecule has 0 radical (unpaired) electrons. The van der Waals surface area contributed by atoms with Crippen LogP contribution in [0.3, 0.4) is 0 Å². The molecule has 118 valence electrons. The summed E-state index contributed by atoms with van der Waals surface area (Å²) >= 11 is 0. The van der Waals surface area contributed by atoms with Gasteiger partial charge in [-0.25, -0.2) is 4.90 Å². The molecule has 1 aliphatic heterocycles. The summed E-state index contributed by atoms with van der Waals surface area (Å²) in [5, 5.41) is 0. The van der Waals surface area contributed by atoms with E-state index in [2.05, 4.69) is 26.0 Å². The van der Waals surface area contributed by atoms with Crippen molar-refractivity contribution in [3.05, 3.63) is 47.6 Å². The normalized spacial score (nSPS) is 31.1. The van der Waals surface area contributed by atoms with Crippen LogP contribution in [0, 0.1) is 23.7 Å². The molecule has 3 aliphatic rings. The molecule has 2 amide bonds. The summed E-state index contributed by atoms with van der Waals surface area (Å²) in [6.45, 7) is 4.13. The molecule has 1 aromatic rings. The quantitative estimate of drug-likeness (QED) is 0.623. The fourth-order valence-electron chi connectivity index (χ4n) is 4.48. The zero-order chi connectivity index (χ0) is 16.3. The van der Waals surface area contributed by atoms with Crippen LogP contribution in [0.2, 0.25) is 0 Å². The standard InChI is InChI=1S/C19H19NO3/c1-10(2)15-11-8-9-12(15)17-16(11)18(21)20(19(17)22)13-6-4-5-7-14(13)23-3/h4-9,11-12,16-17H,1-3H3/t11-,12-,16-,17-/m1/s1. The van der Waals surface area contributed by atoms with Gasteiger partial charge < -0.3 is 4.74 Å². The van der Waals surface area contributed by atoms with Gasteiger partial charge in [0.05, 0.1) is 24.6 Å². The second-order valence-corrected chi connectivity index (χ2v) is 6.63. The first-order valence-corrected chi connectivity index (χ1v) is 7.92. The van der Waals surface area contributed by atoms with E-state index in [1.165, 1.54) is 16.0 Å². The van der Waals surface area contributed by atoms with Gasteiger partial charge >= 0.3 is 0 Å². The van der Waals surface area contributed by atoms with Crippen LogP contribution >= 0.6 is 0 Å². The van der Waals surface area contributed by atoms with Crippen LogP contribution < -0.4 is 9.64 Å². The third-order valence-corrected chi connectivity index (χ3v) is 5.32. The zero-order valence-corrected chi connectivity index (χ0v) is 13.4. The Morgan fingerprint density at radius 2 is 1.57 bits per heavy atom. The minimum Gasteiger partial charge on any atom is -0.495 e. The molecule has 0 spiro atoms. The number of amides is 2. The Hall–Kier alpha value is -2.36. The highest BCUT2D eigenvalue weighted by atomic mass is 16.5. The average Bonchev–Trinajstić information content (AvgIpc) is 3.18. The second kappa shape index (κ2) is 4.82. The number of rotatable bonds is 2. The van der Waals surface area contributed by atoms with Crippen molar-refractivity contribution in [1.82, 2.24) is 0 Å². The molecule has 2 bridgehead atoms. The lowest BCUT2D eigenvalue weighted by Crippen LogP contribution is -2.33. The van der Waals surface area contributed by atoms with E-state index in [4.69, 9.17) is 4.74 Å². The molecule has 0 aromatic heterocycles. The smallest absolute Gasteiger partial charge is 0.238 e. The van der Waals surface area contributed by atoms with Crippen LogP contribution in [0.4, 0.5) is 5.69 Å². The topological polar surface area (TPSA) is 46.6 Å². The predicted octanol–water partition coefficient (Wildman–Crippen LogP) is 2.95. The summed E-state index contributed by atoms with van der Waals surface area (Å²) in [6, 6.07) is 7.20. The molecule has 4 nitrogen and oxygen atoms in total. The van der Waals surface area contributed by atoms with Crippen molar-refractivity contribution in [3.8, 4) is 5.75 Å². The maximum absolute atomic E-state index is 13.0. The number of nitrogens with zero attached hydrogens (tertiary/aromatic N) is 1. The molecule has 23 heavy (non-hydrogen) atoms. The molecule has 4 atom stereocenters. The summed E-state index contributed by atoms with van der Waals surface area (Å²) in [5.74, 6) is -0.00550. The number of anilines is 1. The molecule has 1 saturated carbocycles. The molecule has 4 rings (SSSR count).